The van der Waals surface area contributed by atoms with Crippen LogP contribution in [0.3, 0.4) is 0 Å². The summed E-state index contributed by atoms with van der Waals surface area (Å²) in [5.74, 6) is 0.133. The highest BCUT2D eigenvalue weighted by Gasteiger charge is 2.52. The predicted octanol–water partition coefficient (Wildman–Crippen LogP) is 1.74. The van der Waals surface area contributed by atoms with Gasteiger partial charge in [-0.2, -0.15) is 0 Å². The van der Waals surface area contributed by atoms with E-state index in [0.717, 1.165) is 0 Å². The number of aromatic hydroxyl groups is 1. The maximum absolute atomic E-state index is 9.82. The highest BCUT2D eigenvalue weighted by molar-refractivity contribution is 6.62. The Morgan fingerprint density at radius 2 is 1.63 bits per heavy atom. The number of aliphatic hydroxyl groups excluding tert-OH is 1. The zero-order valence-electron chi connectivity index (χ0n) is 12.1. The van der Waals surface area contributed by atoms with Crippen LogP contribution in [0.25, 0.3) is 0 Å². The Balaban J connectivity index is 2.41. The van der Waals surface area contributed by atoms with Gasteiger partial charge in [-0.05, 0) is 57.8 Å². The molecule has 1 unspecified atom stereocenters. The van der Waals surface area contributed by atoms with Crippen LogP contribution in [-0.2, 0) is 9.31 Å². The molecule has 19 heavy (non-hydrogen) atoms. The van der Waals surface area contributed by atoms with E-state index < -0.39 is 24.4 Å². The third-order valence-corrected chi connectivity index (χ3v) is 4.03. The van der Waals surface area contributed by atoms with Crippen LogP contribution in [-0.4, -0.2) is 28.5 Å². The molecule has 2 N–H and O–H groups in total. The molecule has 1 heterocycles. The van der Waals surface area contributed by atoms with E-state index in [-0.39, 0.29) is 5.75 Å². The van der Waals surface area contributed by atoms with Gasteiger partial charge in [0.2, 0.25) is 0 Å². The summed E-state index contributed by atoms with van der Waals surface area (Å²) in [5.41, 5.74) is 0.489. The maximum atomic E-state index is 9.82. The van der Waals surface area contributed by atoms with Gasteiger partial charge in [-0.25, -0.2) is 0 Å². The van der Waals surface area contributed by atoms with Crippen LogP contribution in [0, 0.1) is 0 Å². The Bertz CT molecular complexity index is 466. The SMILES string of the molecule is CC(O)c1ccc(O)cc1B1OC(C)(C)C(C)(C)O1. The summed E-state index contributed by atoms with van der Waals surface area (Å²) >= 11 is 0. The summed E-state index contributed by atoms with van der Waals surface area (Å²) in [6, 6.07) is 4.83. The highest BCUT2D eigenvalue weighted by atomic mass is 16.7. The third kappa shape index (κ3) is 2.50. The predicted molar refractivity (Wildman–Crippen MR) is 74.5 cm³/mol. The summed E-state index contributed by atoms with van der Waals surface area (Å²) in [6.45, 7) is 9.56. The summed E-state index contributed by atoms with van der Waals surface area (Å²) < 4.78 is 11.9. The van der Waals surface area contributed by atoms with Gasteiger partial charge in [0.25, 0.3) is 0 Å². The molecule has 0 amide bonds. The lowest BCUT2D eigenvalue weighted by molar-refractivity contribution is 0.00578. The van der Waals surface area contributed by atoms with Gasteiger partial charge in [0.15, 0.2) is 0 Å². The smallest absolute Gasteiger partial charge is 0.495 e. The minimum atomic E-state index is -0.644. The van der Waals surface area contributed by atoms with E-state index in [9.17, 15) is 10.2 Å². The second-order valence-electron chi connectivity index (χ2n) is 6.08. The normalized spacial score (nSPS) is 22.5. The topological polar surface area (TPSA) is 58.9 Å². The van der Waals surface area contributed by atoms with E-state index in [4.69, 9.17) is 9.31 Å². The lowest BCUT2D eigenvalue weighted by Crippen LogP contribution is -2.41. The molecule has 104 valence electrons. The lowest BCUT2D eigenvalue weighted by atomic mass is 9.74. The first kappa shape index (κ1) is 14.4. The van der Waals surface area contributed by atoms with Crippen molar-refractivity contribution in [3.8, 4) is 5.75 Å². The van der Waals surface area contributed by atoms with Crippen LogP contribution in [0.5, 0.6) is 5.75 Å². The number of phenols is 1. The van der Waals surface area contributed by atoms with Crippen LogP contribution in [0.1, 0.15) is 46.3 Å². The molecule has 1 aromatic carbocycles. The van der Waals surface area contributed by atoms with Crippen molar-refractivity contribution in [1.29, 1.82) is 0 Å². The van der Waals surface area contributed by atoms with E-state index in [0.29, 0.717) is 11.0 Å². The quantitative estimate of drug-likeness (QED) is 0.799. The van der Waals surface area contributed by atoms with E-state index in [1.165, 1.54) is 0 Å². The molecule has 0 bridgehead atoms. The molecular weight excluding hydrogens is 243 g/mol. The summed E-state index contributed by atoms with van der Waals surface area (Å²) in [4.78, 5) is 0. The fraction of sp³-hybridized carbons (Fsp3) is 0.571. The van der Waals surface area contributed by atoms with Crippen LogP contribution in [0.4, 0.5) is 0 Å². The van der Waals surface area contributed by atoms with Gasteiger partial charge in [-0.3, -0.25) is 0 Å². The molecule has 1 fully saturated rings. The summed E-state index contributed by atoms with van der Waals surface area (Å²) in [6.07, 6.45) is -0.644. The third-order valence-electron chi connectivity index (χ3n) is 4.03. The molecule has 2 rings (SSSR count). The average molecular weight is 264 g/mol. The van der Waals surface area contributed by atoms with Crippen LogP contribution in [0.2, 0.25) is 0 Å². The molecule has 0 spiro atoms. The van der Waals surface area contributed by atoms with Gasteiger partial charge in [0.1, 0.15) is 5.75 Å². The Kier molecular flexibility index (Phi) is 3.41. The minimum absolute atomic E-state index is 0.133. The van der Waals surface area contributed by atoms with E-state index in [1.807, 2.05) is 27.7 Å². The standard InChI is InChI=1S/C14H21BO4/c1-9(16)11-7-6-10(17)8-12(11)15-18-13(2,3)14(4,5)19-15/h6-9,16-17H,1-5H3. The van der Waals surface area contributed by atoms with Crippen molar-refractivity contribution in [1.82, 2.24) is 0 Å². The van der Waals surface area contributed by atoms with Gasteiger partial charge >= 0.3 is 7.12 Å². The number of benzene rings is 1. The molecule has 0 aromatic heterocycles. The average Bonchev–Trinajstić information content (AvgIpc) is 2.47. The molecule has 1 aliphatic heterocycles. The highest BCUT2D eigenvalue weighted by Crippen LogP contribution is 2.37. The van der Waals surface area contributed by atoms with Crippen molar-refractivity contribution >= 4 is 12.6 Å². The minimum Gasteiger partial charge on any atom is -0.508 e. The Hall–Kier alpha value is -1.04. The summed E-state index contributed by atoms with van der Waals surface area (Å²) in [5, 5.41) is 19.5. The van der Waals surface area contributed by atoms with Gasteiger partial charge in [-0.15, -0.1) is 0 Å². The molecule has 5 heteroatoms. The molecule has 4 nitrogen and oxygen atoms in total. The number of phenolic OH excluding ortho intramolecular Hbond substituents is 1. The van der Waals surface area contributed by atoms with Gasteiger partial charge in [0, 0.05) is 0 Å². The lowest BCUT2D eigenvalue weighted by Gasteiger charge is -2.32. The van der Waals surface area contributed by atoms with Crippen molar-refractivity contribution < 1.29 is 19.5 Å². The van der Waals surface area contributed by atoms with E-state index in [1.54, 1.807) is 25.1 Å². The monoisotopic (exact) mass is 264 g/mol. The second-order valence-corrected chi connectivity index (χ2v) is 6.08. The maximum Gasteiger partial charge on any atom is 0.495 e. The molecular formula is C14H21BO4. The van der Waals surface area contributed by atoms with Gasteiger partial charge in [-0.1, -0.05) is 6.07 Å². The Morgan fingerprint density at radius 3 is 2.11 bits per heavy atom. The van der Waals surface area contributed by atoms with Crippen LogP contribution >= 0.6 is 0 Å². The Morgan fingerprint density at radius 1 is 1.11 bits per heavy atom. The molecule has 1 atom stereocenters. The molecule has 1 saturated heterocycles. The van der Waals surface area contributed by atoms with Crippen LogP contribution in [0.15, 0.2) is 18.2 Å². The number of aliphatic hydroxyl groups is 1. The molecule has 1 aliphatic rings. The zero-order chi connectivity index (χ0) is 14.4. The fourth-order valence-electron chi connectivity index (χ4n) is 2.12. The molecule has 1 aromatic rings. The molecule has 0 aliphatic carbocycles. The summed E-state index contributed by atoms with van der Waals surface area (Å²) in [7, 11) is -0.582. The second kappa shape index (κ2) is 4.51. The van der Waals surface area contributed by atoms with Crippen molar-refractivity contribution in [2.45, 2.75) is 51.9 Å². The molecule has 0 radical (unpaired) electrons. The van der Waals surface area contributed by atoms with Gasteiger partial charge < -0.3 is 19.5 Å². The van der Waals surface area contributed by atoms with Crippen molar-refractivity contribution in [3.63, 3.8) is 0 Å². The number of hydrogen-bond donors (Lipinski definition) is 2. The number of rotatable bonds is 2. The molecule has 0 saturated carbocycles. The largest absolute Gasteiger partial charge is 0.508 e. The van der Waals surface area contributed by atoms with Gasteiger partial charge in [0.05, 0.1) is 17.3 Å². The van der Waals surface area contributed by atoms with E-state index >= 15 is 0 Å². The first-order valence-electron chi connectivity index (χ1n) is 6.50. The first-order chi connectivity index (χ1) is 8.64. The number of hydrogen-bond acceptors (Lipinski definition) is 4. The van der Waals surface area contributed by atoms with Crippen molar-refractivity contribution in [2.24, 2.45) is 0 Å². The van der Waals surface area contributed by atoms with Crippen molar-refractivity contribution in [2.75, 3.05) is 0 Å². The van der Waals surface area contributed by atoms with E-state index in [2.05, 4.69) is 0 Å². The fourth-order valence-corrected chi connectivity index (χ4v) is 2.12. The Labute approximate surface area is 114 Å². The zero-order valence-corrected chi connectivity index (χ0v) is 12.1. The first-order valence-corrected chi connectivity index (χ1v) is 6.50. The van der Waals surface area contributed by atoms with Crippen LogP contribution < -0.4 is 5.46 Å². The van der Waals surface area contributed by atoms with Crippen molar-refractivity contribution in [3.05, 3.63) is 23.8 Å².